The first-order chi connectivity index (χ1) is 9.74. The molecule has 3 heteroatoms. The van der Waals surface area contributed by atoms with E-state index in [9.17, 15) is 0 Å². The quantitative estimate of drug-likeness (QED) is 0.661. The molecule has 1 aromatic carbocycles. The van der Waals surface area contributed by atoms with Gasteiger partial charge in [0.15, 0.2) is 0 Å². The molecule has 0 N–H and O–H groups in total. The van der Waals surface area contributed by atoms with Gasteiger partial charge in [-0.1, -0.05) is 6.07 Å². The number of aromatic nitrogens is 1. The van der Waals surface area contributed by atoms with Crippen LogP contribution in [0.25, 0.3) is 10.9 Å². The van der Waals surface area contributed by atoms with E-state index in [4.69, 9.17) is 4.74 Å². The largest absolute Gasteiger partial charge is 0.490 e. The van der Waals surface area contributed by atoms with Gasteiger partial charge < -0.3 is 9.30 Å². The summed E-state index contributed by atoms with van der Waals surface area (Å²) in [6.07, 6.45) is 3.43. The molecule has 0 amide bonds. The van der Waals surface area contributed by atoms with Gasteiger partial charge in [0, 0.05) is 18.1 Å². The van der Waals surface area contributed by atoms with Crippen molar-refractivity contribution >= 4 is 22.2 Å². The minimum absolute atomic E-state index is 0.203. The Hall–Kier alpha value is -1.74. The molecule has 104 valence electrons. The predicted molar refractivity (Wildman–Crippen MR) is 85.7 cm³/mol. The Bertz CT molecular complexity index is 682. The average Bonchev–Trinajstić information content (AvgIpc) is 3.05. The Kier molecular flexibility index (Phi) is 3.79. The van der Waals surface area contributed by atoms with E-state index in [0.29, 0.717) is 0 Å². The topological polar surface area (TPSA) is 14.2 Å². The Morgan fingerprint density at radius 1 is 1.20 bits per heavy atom. The first kappa shape index (κ1) is 13.3. The second kappa shape index (κ2) is 5.71. The Morgan fingerprint density at radius 2 is 2.10 bits per heavy atom. The van der Waals surface area contributed by atoms with Gasteiger partial charge in [0.2, 0.25) is 0 Å². The molecule has 0 bridgehead atoms. The second-order valence-electron chi connectivity index (χ2n) is 5.25. The van der Waals surface area contributed by atoms with Crippen LogP contribution in [0.2, 0.25) is 0 Å². The maximum atomic E-state index is 5.88. The van der Waals surface area contributed by atoms with Crippen molar-refractivity contribution in [2.45, 2.75) is 32.9 Å². The van der Waals surface area contributed by atoms with Crippen LogP contribution < -0.4 is 4.74 Å². The van der Waals surface area contributed by atoms with E-state index in [0.717, 1.165) is 18.7 Å². The fraction of sp³-hybridized carbons (Fsp3) is 0.294. The predicted octanol–water partition coefficient (Wildman–Crippen LogP) is 4.73. The summed E-state index contributed by atoms with van der Waals surface area (Å²) in [6, 6.07) is 10.6. The lowest BCUT2D eigenvalue weighted by atomic mass is 10.2. The number of aryl methyl sites for hydroxylation is 2. The summed E-state index contributed by atoms with van der Waals surface area (Å²) in [5.41, 5.74) is 2.66. The van der Waals surface area contributed by atoms with Crippen molar-refractivity contribution in [2.24, 2.45) is 0 Å². The van der Waals surface area contributed by atoms with Crippen molar-refractivity contribution in [2.75, 3.05) is 0 Å². The molecular formula is C17H19NOS. The van der Waals surface area contributed by atoms with Crippen LogP contribution in [0.15, 0.2) is 47.3 Å². The lowest BCUT2D eigenvalue weighted by Gasteiger charge is -2.11. The highest BCUT2D eigenvalue weighted by molar-refractivity contribution is 7.07. The number of fused-ring (bicyclic) bond motifs is 1. The van der Waals surface area contributed by atoms with E-state index in [1.54, 1.807) is 11.3 Å². The number of nitrogens with zero attached hydrogens (tertiary/aromatic N) is 1. The van der Waals surface area contributed by atoms with Crippen molar-refractivity contribution in [3.63, 3.8) is 0 Å². The van der Waals surface area contributed by atoms with Crippen molar-refractivity contribution in [1.82, 2.24) is 4.57 Å². The summed E-state index contributed by atoms with van der Waals surface area (Å²) in [6.45, 7) is 5.13. The molecule has 3 aromatic rings. The first-order valence-corrected chi connectivity index (χ1v) is 7.94. The molecule has 20 heavy (non-hydrogen) atoms. The molecular weight excluding hydrogens is 266 g/mol. The third-order valence-electron chi connectivity index (χ3n) is 3.36. The highest BCUT2D eigenvalue weighted by Crippen LogP contribution is 2.27. The van der Waals surface area contributed by atoms with E-state index in [-0.39, 0.29) is 6.10 Å². The van der Waals surface area contributed by atoms with E-state index < -0.39 is 0 Å². The zero-order valence-corrected chi connectivity index (χ0v) is 12.7. The standard InChI is InChI=1S/C17H19NOS/c1-13(2)19-17-5-3-4-16-15(17)7-10-18(16)9-6-14-8-11-20-12-14/h3-5,7-8,10-13H,6,9H2,1-2H3. The van der Waals surface area contributed by atoms with Gasteiger partial charge in [0.1, 0.15) is 5.75 Å². The summed E-state index contributed by atoms with van der Waals surface area (Å²) in [4.78, 5) is 0. The molecule has 0 radical (unpaired) electrons. The van der Waals surface area contributed by atoms with E-state index in [2.05, 4.69) is 59.6 Å². The smallest absolute Gasteiger partial charge is 0.129 e. The molecule has 0 fully saturated rings. The molecule has 0 aliphatic carbocycles. The molecule has 0 atom stereocenters. The number of thiophene rings is 1. The lowest BCUT2D eigenvalue weighted by Crippen LogP contribution is -2.05. The molecule has 2 nitrogen and oxygen atoms in total. The SMILES string of the molecule is CC(C)Oc1cccc2c1ccn2CCc1ccsc1. The number of rotatable bonds is 5. The fourth-order valence-electron chi connectivity index (χ4n) is 2.43. The number of hydrogen-bond acceptors (Lipinski definition) is 2. The van der Waals surface area contributed by atoms with Gasteiger partial charge in [-0.25, -0.2) is 0 Å². The molecule has 0 unspecified atom stereocenters. The van der Waals surface area contributed by atoms with Gasteiger partial charge >= 0.3 is 0 Å². The second-order valence-corrected chi connectivity index (χ2v) is 6.03. The molecule has 2 aromatic heterocycles. The van der Waals surface area contributed by atoms with Crippen molar-refractivity contribution in [3.8, 4) is 5.75 Å². The van der Waals surface area contributed by atoms with Crippen molar-refractivity contribution < 1.29 is 4.74 Å². The monoisotopic (exact) mass is 285 g/mol. The average molecular weight is 285 g/mol. The molecule has 0 saturated carbocycles. The van der Waals surface area contributed by atoms with Crippen LogP contribution in [0.3, 0.4) is 0 Å². The van der Waals surface area contributed by atoms with Gasteiger partial charge in [-0.05, 0) is 60.9 Å². The van der Waals surface area contributed by atoms with Crippen LogP contribution in [0.1, 0.15) is 19.4 Å². The van der Waals surface area contributed by atoms with Crippen molar-refractivity contribution in [1.29, 1.82) is 0 Å². The van der Waals surface area contributed by atoms with Crippen LogP contribution in [0, 0.1) is 0 Å². The van der Waals surface area contributed by atoms with E-state index in [1.165, 1.54) is 16.5 Å². The zero-order chi connectivity index (χ0) is 13.9. The first-order valence-electron chi connectivity index (χ1n) is 6.99. The molecule has 0 aliphatic heterocycles. The van der Waals surface area contributed by atoms with Crippen LogP contribution in [-0.2, 0) is 13.0 Å². The Balaban J connectivity index is 1.85. The summed E-state index contributed by atoms with van der Waals surface area (Å²) >= 11 is 1.76. The third-order valence-corrected chi connectivity index (χ3v) is 4.09. The van der Waals surface area contributed by atoms with Crippen LogP contribution in [-0.4, -0.2) is 10.7 Å². The van der Waals surface area contributed by atoms with Gasteiger partial charge in [0.05, 0.1) is 11.6 Å². The number of benzene rings is 1. The van der Waals surface area contributed by atoms with Gasteiger partial charge in [0.25, 0.3) is 0 Å². The minimum Gasteiger partial charge on any atom is -0.490 e. The minimum atomic E-state index is 0.203. The van der Waals surface area contributed by atoms with Crippen LogP contribution in [0.5, 0.6) is 5.75 Å². The molecule has 0 spiro atoms. The summed E-state index contributed by atoms with van der Waals surface area (Å²) in [7, 11) is 0. The van der Waals surface area contributed by atoms with Gasteiger partial charge in [-0.15, -0.1) is 0 Å². The maximum absolute atomic E-state index is 5.88. The van der Waals surface area contributed by atoms with Gasteiger partial charge in [-0.3, -0.25) is 0 Å². The normalized spacial score (nSPS) is 11.3. The highest BCUT2D eigenvalue weighted by atomic mass is 32.1. The molecule has 3 rings (SSSR count). The van der Waals surface area contributed by atoms with E-state index in [1.807, 2.05) is 6.07 Å². The molecule has 0 aliphatic rings. The highest BCUT2D eigenvalue weighted by Gasteiger charge is 2.07. The van der Waals surface area contributed by atoms with Crippen LogP contribution in [0.4, 0.5) is 0 Å². The number of hydrogen-bond donors (Lipinski definition) is 0. The third kappa shape index (κ3) is 2.73. The van der Waals surface area contributed by atoms with E-state index >= 15 is 0 Å². The molecule has 2 heterocycles. The zero-order valence-electron chi connectivity index (χ0n) is 11.9. The number of ether oxygens (including phenoxy) is 1. The summed E-state index contributed by atoms with van der Waals surface area (Å²) in [5, 5.41) is 5.56. The molecule has 0 saturated heterocycles. The van der Waals surface area contributed by atoms with Gasteiger partial charge in [-0.2, -0.15) is 11.3 Å². The lowest BCUT2D eigenvalue weighted by molar-refractivity contribution is 0.245. The summed E-state index contributed by atoms with van der Waals surface area (Å²) in [5.74, 6) is 0.979. The summed E-state index contributed by atoms with van der Waals surface area (Å²) < 4.78 is 8.19. The fourth-order valence-corrected chi connectivity index (χ4v) is 3.13. The Labute approximate surface area is 123 Å². The maximum Gasteiger partial charge on any atom is 0.129 e. The van der Waals surface area contributed by atoms with Crippen LogP contribution >= 0.6 is 11.3 Å². The Morgan fingerprint density at radius 3 is 2.85 bits per heavy atom. The van der Waals surface area contributed by atoms with Crippen molar-refractivity contribution in [3.05, 3.63) is 52.9 Å².